The summed E-state index contributed by atoms with van der Waals surface area (Å²) in [6.07, 6.45) is 12.6. The molecule has 1 fully saturated rings. The third-order valence-electron chi connectivity index (χ3n) is 4.89. The van der Waals surface area contributed by atoms with Gasteiger partial charge in [-0.05, 0) is 47.7 Å². The molecule has 0 unspecified atom stereocenters. The Hall–Kier alpha value is -2.49. The first kappa shape index (κ1) is 17.3. The van der Waals surface area contributed by atoms with Crippen molar-refractivity contribution in [3.8, 4) is 11.1 Å². The zero-order valence-corrected chi connectivity index (χ0v) is 15.1. The molecule has 0 saturated heterocycles. The van der Waals surface area contributed by atoms with Gasteiger partial charge in [-0.15, -0.1) is 0 Å². The van der Waals surface area contributed by atoms with Crippen LogP contribution < -0.4 is 5.73 Å². The minimum Gasteiger partial charge on any atom is -0.383 e. The van der Waals surface area contributed by atoms with Crippen molar-refractivity contribution in [2.75, 3.05) is 5.73 Å². The predicted octanol–water partition coefficient (Wildman–Crippen LogP) is 5.17. The van der Waals surface area contributed by atoms with E-state index in [4.69, 9.17) is 5.73 Å². The van der Waals surface area contributed by atoms with Gasteiger partial charge in [0.2, 0.25) is 0 Å². The first-order chi connectivity index (χ1) is 12.1. The molecule has 2 N–H and O–H groups in total. The highest BCUT2D eigenvalue weighted by Gasteiger charge is 2.06. The van der Waals surface area contributed by atoms with E-state index in [2.05, 4.69) is 21.9 Å². The summed E-state index contributed by atoms with van der Waals surface area (Å²) in [4.78, 5) is 12.3. The second kappa shape index (κ2) is 8.06. The molecule has 0 atom stereocenters. The van der Waals surface area contributed by atoms with Crippen molar-refractivity contribution in [1.29, 1.82) is 0 Å². The SMILES string of the molecule is CC1CCCCC1.Cc1cnccc1-c1ccc2ncnc(N)c2c1. The van der Waals surface area contributed by atoms with Crippen LogP contribution in [-0.4, -0.2) is 15.0 Å². The van der Waals surface area contributed by atoms with Crippen LogP contribution in [0.1, 0.15) is 44.6 Å². The molecule has 25 heavy (non-hydrogen) atoms. The number of anilines is 1. The Morgan fingerprint density at radius 1 is 1.04 bits per heavy atom. The lowest BCUT2D eigenvalue weighted by molar-refractivity contribution is 0.385. The van der Waals surface area contributed by atoms with E-state index >= 15 is 0 Å². The number of aryl methyl sites for hydroxylation is 1. The molecular formula is C21H26N4. The Bertz CT molecular complexity index is 838. The molecule has 2 aromatic heterocycles. The highest BCUT2D eigenvalue weighted by Crippen LogP contribution is 2.27. The van der Waals surface area contributed by atoms with E-state index in [1.165, 1.54) is 38.4 Å². The molecule has 0 radical (unpaired) electrons. The van der Waals surface area contributed by atoms with Gasteiger partial charge in [0.15, 0.2) is 0 Å². The van der Waals surface area contributed by atoms with Crippen molar-refractivity contribution in [2.24, 2.45) is 5.92 Å². The molecular weight excluding hydrogens is 308 g/mol. The molecule has 1 aromatic carbocycles. The van der Waals surface area contributed by atoms with Gasteiger partial charge < -0.3 is 5.73 Å². The van der Waals surface area contributed by atoms with Gasteiger partial charge in [-0.1, -0.05) is 45.1 Å². The number of rotatable bonds is 1. The number of aromatic nitrogens is 3. The number of benzene rings is 1. The topological polar surface area (TPSA) is 64.7 Å². The maximum atomic E-state index is 5.88. The van der Waals surface area contributed by atoms with Crippen LogP contribution in [0, 0.1) is 12.8 Å². The van der Waals surface area contributed by atoms with Crippen LogP contribution in [0.3, 0.4) is 0 Å². The van der Waals surface area contributed by atoms with Gasteiger partial charge in [0, 0.05) is 17.8 Å². The summed E-state index contributed by atoms with van der Waals surface area (Å²) in [6, 6.07) is 8.02. The monoisotopic (exact) mass is 334 g/mol. The lowest BCUT2D eigenvalue weighted by Crippen LogP contribution is -1.99. The van der Waals surface area contributed by atoms with E-state index in [1.54, 1.807) is 6.20 Å². The number of nitrogens with zero attached hydrogens (tertiary/aromatic N) is 3. The molecule has 1 aliphatic carbocycles. The van der Waals surface area contributed by atoms with Crippen LogP contribution in [0.15, 0.2) is 43.0 Å². The summed E-state index contributed by atoms with van der Waals surface area (Å²) in [7, 11) is 0. The van der Waals surface area contributed by atoms with E-state index in [1.807, 2.05) is 37.4 Å². The minimum atomic E-state index is 0.508. The summed E-state index contributed by atoms with van der Waals surface area (Å²) in [5, 5.41) is 0.881. The van der Waals surface area contributed by atoms with Gasteiger partial charge in [-0.3, -0.25) is 4.98 Å². The summed E-state index contributed by atoms with van der Waals surface area (Å²) in [6.45, 7) is 4.40. The fraction of sp³-hybridized carbons (Fsp3) is 0.381. The molecule has 0 bridgehead atoms. The summed E-state index contributed by atoms with van der Waals surface area (Å²) < 4.78 is 0. The third kappa shape index (κ3) is 4.32. The fourth-order valence-corrected chi connectivity index (χ4v) is 3.35. The van der Waals surface area contributed by atoms with E-state index < -0.39 is 0 Å². The first-order valence-corrected chi connectivity index (χ1v) is 9.06. The summed E-state index contributed by atoms with van der Waals surface area (Å²) in [5.41, 5.74) is 10.1. The quantitative estimate of drug-likeness (QED) is 0.667. The number of nitrogens with two attached hydrogens (primary N) is 1. The Labute approximate surface area is 149 Å². The minimum absolute atomic E-state index is 0.508. The van der Waals surface area contributed by atoms with Crippen LogP contribution in [0.5, 0.6) is 0 Å². The lowest BCUT2D eigenvalue weighted by atomic mass is 9.91. The molecule has 2 heterocycles. The molecule has 130 valence electrons. The number of hydrogen-bond acceptors (Lipinski definition) is 4. The molecule has 1 aliphatic rings. The van der Waals surface area contributed by atoms with E-state index in [-0.39, 0.29) is 0 Å². The lowest BCUT2D eigenvalue weighted by Gasteiger charge is -2.15. The average molecular weight is 334 g/mol. The standard InChI is InChI=1S/C14H12N4.C7H14/c1-9-7-16-5-4-11(9)10-2-3-13-12(6-10)14(15)18-8-17-13;1-7-5-3-2-4-6-7/h2-8H,1H3,(H2,15,17,18);7H,2-6H2,1H3. The van der Waals surface area contributed by atoms with Crippen molar-refractivity contribution >= 4 is 16.7 Å². The van der Waals surface area contributed by atoms with Crippen molar-refractivity contribution in [3.63, 3.8) is 0 Å². The normalized spacial score (nSPS) is 14.8. The van der Waals surface area contributed by atoms with Gasteiger partial charge in [0.1, 0.15) is 12.1 Å². The van der Waals surface area contributed by atoms with Crippen molar-refractivity contribution in [1.82, 2.24) is 15.0 Å². The highest BCUT2D eigenvalue weighted by molar-refractivity contribution is 5.91. The van der Waals surface area contributed by atoms with Crippen LogP contribution in [0.4, 0.5) is 5.82 Å². The second-order valence-corrected chi connectivity index (χ2v) is 6.92. The highest BCUT2D eigenvalue weighted by atomic mass is 14.9. The van der Waals surface area contributed by atoms with E-state index in [0.29, 0.717) is 5.82 Å². The van der Waals surface area contributed by atoms with Crippen LogP contribution in [0.2, 0.25) is 0 Å². The molecule has 4 heteroatoms. The zero-order chi connectivity index (χ0) is 17.6. The molecule has 3 aromatic rings. The zero-order valence-electron chi connectivity index (χ0n) is 15.1. The van der Waals surface area contributed by atoms with Gasteiger partial charge in [0.05, 0.1) is 5.52 Å². The maximum Gasteiger partial charge on any atom is 0.134 e. The number of fused-ring (bicyclic) bond motifs is 1. The largest absolute Gasteiger partial charge is 0.383 e. The van der Waals surface area contributed by atoms with E-state index in [9.17, 15) is 0 Å². The van der Waals surface area contributed by atoms with Gasteiger partial charge in [-0.2, -0.15) is 0 Å². The van der Waals surface area contributed by atoms with Crippen LogP contribution in [0.25, 0.3) is 22.0 Å². The predicted molar refractivity (Wildman–Crippen MR) is 104 cm³/mol. The average Bonchev–Trinajstić information content (AvgIpc) is 2.64. The Balaban J connectivity index is 0.000000219. The second-order valence-electron chi connectivity index (χ2n) is 6.92. The van der Waals surface area contributed by atoms with Gasteiger partial charge >= 0.3 is 0 Å². The molecule has 0 amide bonds. The third-order valence-corrected chi connectivity index (χ3v) is 4.89. The van der Waals surface area contributed by atoms with Crippen LogP contribution in [-0.2, 0) is 0 Å². The Kier molecular flexibility index (Phi) is 5.59. The Morgan fingerprint density at radius 3 is 2.52 bits per heavy atom. The molecule has 4 nitrogen and oxygen atoms in total. The summed E-state index contributed by atoms with van der Waals surface area (Å²) in [5.74, 6) is 1.54. The van der Waals surface area contributed by atoms with Gasteiger partial charge in [-0.25, -0.2) is 9.97 Å². The van der Waals surface area contributed by atoms with Gasteiger partial charge in [0.25, 0.3) is 0 Å². The molecule has 0 spiro atoms. The van der Waals surface area contributed by atoms with E-state index in [0.717, 1.165) is 33.5 Å². The van der Waals surface area contributed by atoms with Crippen molar-refractivity contribution in [2.45, 2.75) is 46.0 Å². The Morgan fingerprint density at radius 2 is 1.84 bits per heavy atom. The number of pyridine rings is 1. The molecule has 1 saturated carbocycles. The molecule has 4 rings (SSSR count). The first-order valence-electron chi connectivity index (χ1n) is 9.06. The maximum absolute atomic E-state index is 5.88. The number of nitrogen functional groups attached to an aromatic ring is 1. The van der Waals surface area contributed by atoms with Crippen molar-refractivity contribution < 1.29 is 0 Å². The van der Waals surface area contributed by atoms with Crippen molar-refractivity contribution in [3.05, 3.63) is 48.5 Å². The smallest absolute Gasteiger partial charge is 0.134 e. The summed E-state index contributed by atoms with van der Waals surface area (Å²) >= 11 is 0. The van der Waals surface area contributed by atoms with Crippen LogP contribution >= 0.6 is 0 Å². The number of hydrogen-bond donors (Lipinski definition) is 1. The fourth-order valence-electron chi connectivity index (χ4n) is 3.35. The molecule has 0 aliphatic heterocycles.